The second kappa shape index (κ2) is 5.50. The average molecular weight is 230 g/mol. The van der Waals surface area contributed by atoms with Crippen molar-refractivity contribution in [3.05, 3.63) is 29.1 Å². The summed E-state index contributed by atoms with van der Waals surface area (Å²) in [6, 6.07) is 1.28. The molecule has 1 aromatic heterocycles. The first-order valence-corrected chi connectivity index (χ1v) is 4.74. The maximum atomic E-state index is 12.6. The number of alkyl halides is 2. The Morgan fingerprint density at radius 2 is 2.31 bits per heavy atom. The monoisotopic (exact) mass is 230 g/mol. The normalized spacial score (nSPS) is 10.6. The molecule has 0 amide bonds. The van der Waals surface area contributed by atoms with Gasteiger partial charge in [-0.2, -0.15) is 0 Å². The van der Waals surface area contributed by atoms with Gasteiger partial charge in [0.2, 0.25) is 0 Å². The summed E-state index contributed by atoms with van der Waals surface area (Å²) in [5.41, 5.74) is 5.05. The van der Waals surface area contributed by atoms with Crippen molar-refractivity contribution >= 4 is 5.97 Å². The van der Waals surface area contributed by atoms with Gasteiger partial charge in [0.25, 0.3) is 6.43 Å². The molecule has 0 aromatic carbocycles. The molecule has 1 aromatic rings. The van der Waals surface area contributed by atoms with Gasteiger partial charge in [-0.05, 0) is 18.6 Å². The topological polar surface area (TPSA) is 65.2 Å². The van der Waals surface area contributed by atoms with Crippen LogP contribution in [0.4, 0.5) is 8.78 Å². The van der Waals surface area contributed by atoms with E-state index in [1.165, 1.54) is 12.3 Å². The zero-order valence-corrected chi connectivity index (χ0v) is 8.74. The van der Waals surface area contributed by atoms with Gasteiger partial charge in [0.1, 0.15) is 5.69 Å². The van der Waals surface area contributed by atoms with E-state index in [1.807, 2.05) is 0 Å². The van der Waals surface area contributed by atoms with Gasteiger partial charge in [-0.25, -0.2) is 13.6 Å². The van der Waals surface area contributed by atoms with Crippen LogP contribution >= 0.6 is 0 Å². The highest BCUT2D eigenvalue weighted by molar-refractivity contribution is 5.90. The lowest BCUT2D eigenvalue weighted by Gasteiger charge is -2.08. The summed E-state index contributed by atoms with van der Waals surface area (Å²) in [7, 11) is 0. The highest BCUT2D eigenvalue weighted by Crippen LogP contribution is 2.22. The van der Waals surface area contributed by atoms with E-state index >= 15 is 0 Å². The molecule has 0 aliphatic heterocycles. The molecular formula is C10H12F2N2O2. The number of carbonyl (C=O) groups is 1. The largest absolute Gasteiger partial charge is 0.462 e. The molecule has 88 valence electrons. The third-order valence-corrected chi connectivity index (χ3v) is 1.91. The Bertz CT molecular complexity index is 383. The second-order valence-electron chi connectivity index (χ2n) is 3.00. The molecule has 0 spiro atoms. The highest BCUT2D eigenvalue weighted by Gasteiger charge is 2.21. The van der Waals surface area contributed by atoms with E-state index in [0.717, 1.165) is 0 Å². The lowest BCUT2D eigenvalue weighted by atomic mass is 10.1. The van der Waals surface area contributed by atoms with Crippen LogP contribution < -0.4 is 5.73 Å². The summed E-state index contributed by atoms with van der Waals surface area (Å²) < 4.78 is 29.8. The minimum Gasteiger partial charge on any atom is -0.462 e. The molecule has 0 fully saturated rings. The number of nitrogens with zero attached hydrogens (tertiary/aromatic N) is 1. The summed E-state index contributed by atoms with van der Waals surface area (Å²) in [4.78, 5) is 14.9. The van der Waals surface area contributed by atoms with Gasteiger partial charge < -0.3 is 10.5 Å². The molecule has 16 heavy (non-hydrogen) atoms. The molecule has 0 aliphatic carbocycles. The second-order valence-corrected chi connectivity index (χ2v) is 3.00. The van der Waals surface area contributed by atoms with Crippen molar-refractivity contribution in [2.45, 2.75) is 19.9 Å². The maximum absolute atomic E-state index is 12.6. The van der Waals surface area contributed by atoms with Gasteiger partial charge in [-0.3, -0.25) is 4.98 Å². The van der Waals surface area contributed by atoms with Crippen molar-refractivity contribution < 1.29 is 18.3 Å². The predicted molar refractivity (Wildman–Crippen MR) is 53.0 cm³/mol. The molecule has 2 N–H and O–H groups in total. The number of aromatic nitrogens is 1. The van der Waals surface area contributed by atoms with E-state index in [-0.39, 0.29) is 18.7 Å². The molecule has 0 bridgehead atoms. The molecular weight excluding hydrogens is 218 g/mol. The van der Waals surface area contributed by atoms with E-state index in [4.69, 9.17) is 5.73 Å². The van der Waals surface area contributed by atoms with Crippen LogP contribution in [0.25, 0.3) is 0 Å². The van der Waals surface area contributed by atoms with Gasteiger partial charge in [-0.15, -0.1) is 0 Å². The minimum atomic E-state index is -2.81. The molecule has 6 heteroatoms. The number of rotatable bonds is 4. The van der Waals surface area contributed by atoms with Crippen LogP contribution in [0.3, 0.4) is 0 Å². The van der Waals surface area contributed by atoms with Gasteiger partial charge in [0.15, 0.2) is 0 Å². The number of carbonyl (C=O) groups excluding carboxylic acids is 1. The lowest BCUT2D eigenvalue weighted by molar-refractivity contribution is 0.0513. The third kappa shape index (κ3) is 2.73. The number of esters is 1. The molecule has 0 aliphatic rings. The Labute approximate surface area is 91.4 Å². The fourth-order valence-corrected chi connectivity index (χ4v) is 1.18. The van der Waals surface area contributed by atoms with Crippen LogP contribution in [0.2, 0.25) is 0 Å². The van der Waals surface area contributed by atoms with Crippen molar-refractivity contribution in [1.82, 2.24) is 4.98 Å². The Morgan fingerprint density at radius 1 is 1.62 bits per heavy atom. The Morgan fingerprint density at radius 3 is 2.81 bits per heavy atom. The number of ether oxygens (including phenoxy) is 1. The maximum Gasteiger partial charge on any atom is 0.340 e. The standard InChI is InChI=1S/C10H12F2N2O2/c1-2-16-10(15)7-3-6(4-13)5-14-8(7)9(11)12/h3,5,9H,2,4,13H2,1H3. The Hall–Kier alpha value is -1.56. The SMILES string of the molecule is CCOC(=O)c1cc(CN)cnc1C(F)F. The van der Waals surface area contributed by atoms with Gasteiger partial charge in [0.05, 0.1) is 12.2 Å². The van der Waals surface area contributed by atoms with E-state index in [0.29, 0.717) is 5.56 Å². The summed E-state index contributed by atoms with van der Waals surface area (Å²) in [5.74, 6) is -0.805. The summed E-state index contributed by atoms with van der Waals surface area (Å²) >= 11 is 0. The van der Waals surface area contributed by atoms with Crippen LogP contribution in [-0.2, 0) is 11.3 Å². The van der Waals surface area contributed by atoms with Gasteiger partial charge in [0, 0.05) is 12.7 Å². The zero-order valence-electron chi connectivity index (χ0n) is 8.74. The molecule has 0 saturated heterocycles. The number of pyridine rings is 1. The van der Waals surface area contributed by atoms with Crippen molar-refractivity contribution in [2.75, 3.05) is 6.61 Å². The highest BCUT2D eigenvalue weighted by atomic mass is 19.3. The van der Waals surface area contributed by atoms with Crippen LogP contribution in [0.15, 0.2) is 12.3 Å². The summed E-state index contributed by atoms with van der Waals surface area (Å²) in [6.07, 6.45) is -1.59. The van der Waals surface area contributed by atoms with Crippen molar-refractivity contribution in [3.63, 3.8) is 0 Å². The predicted octanol–water partition coefficient (Wildman–Crippen LogP) is 1.65. The first-order chi connectivity index (χ1) is 7.60. The molecule has 4 nitrogen and oxygen atoms in total. The fourth-order valence-electron chi connectivity index (χ4n) is 1.18. The minimum absolute atomic E-state index is 0.119. The molecule has 0 unspecified atom stereocenters. The van der Waals surface area contributed by atoms with Crippen LogP contribution in [0, 0.1) is 0 Å². The molecule has 0 atom stereocenters. The van der Waals surface area contributed by atoms with Crippen LogP contribution in [0.1, 0.15) is 35.0 Å². The zero-order chi connectivity index (χ0) is 12.1. The van der Waals surface area contributed by atoms with E-state index < -0.39 is 18.1 Å². The van der Waals surface area contributed by atoms with E-state index in [2.05, 4.69) is 9.72 Å². The quantitative estimate of drug-likeness (QED) is 0.799. The van der Waals surface area contributed by atoms with Crippen LogP contribution in [0.5, 0.6) is 0 Å². The average Bonchev–Trinajstić information content (AvgIpc) is 2.28. The molecule has 1 heterocycles. The lowest BCUT2D eigenvalue weighted by Crippen LogP contribution is -2.12. The molecule has 0 radical (unpaired) electrons. The van der Waals surface area contributed by atoms with Gasteiger partial charge >= 0.3 is 5.97 Å². The molecule has 1 rings (SSSR count). The Kier molecular flexibility index (Phi) is 4.30. The smallest absolute Gasteiger partial charge is 0.340 e. The summed E-state index contributed by atoms with van der Waals surface area (Å²) in [6.45, 7) is 1.84. The van der Waals surface area contributed by atoms with Crippen molar-refractivity contribution in [2.24, 2.45) is 5.73 Å². The first-order valence-electron chi connectivity index (χ1n) is 4.74. The summed E-state index contributed by atoms with van der Waals surface area (Å²) in [5, 5.41) is 0. The van der Waals surface area contributed by atoms with Crippen molar-refractivity contribution in [1.29, 1.82) is 0 Å². The number of hydrogen-bond donors (Lipinski definition) is 1. The van der Waals surface area contributed by atoms with Crippen molar-refractivity contribution in [3.8, 4) is 0 Å². The fraction of sp³-hybridized carbons (Fsp3) is 0.400. The van der Waals surface area contributed by atoms with E-state index in [9.17, 15) is 13.6 Å². The first kappa shape index (κ1) is 12.5. The molecule has 0 saturated carbocycles. The Balaban J connectivity index is 3.14. The van der Waals surface area contributed by atoms with Crippen LogP contribution in [-0.4, -0.2) is 17.6 Å². The number of halogens is 2. The third-order valence-electron chi connectivity index (χ3n) is 1.91. The van der Waals surface area contributed by atoms with E-state index in [1.54, 1.807) is 6.92 Å². The number of nitrogens with two attached hydrogens (primary N) is 1. The number of hydrogen-bond acceptors (Lipinski definition) is 4. The van der Waals surface area contributed by atoms with Gasteiger partial charge in [-0.1, -0.05) is 0 Å².